The molecule has 8 aromatic heterocycles. The molecule has 0 radical (unpaired) electrons. The van der Waals surface area contributed by atoms with E-state index in [0.717, 1.165) is 22.3 Å². The van der Waals surface area contributed by atoms with E-state index in [1.807, 2.05) is 148 Å². The predicted octanol–water partition coefficient (Wildman–Crippen LogP) is 8.60. The van der Waals surface area contributed by atoms with Crippen molar-refractivity contribution in [1.82, 2.24) is 78.2 Å². The van der Waals surface area contributed by atoms with Gasteiger partial charge in [0, 0.05) is 99.1 Å². The van der Waals surface area contributed by atoms with Crippen LogP contribution in [0.4, 0.5) is 34.5 Å². The van der Waals surface area contributed by atoms with Crippen molar-refractivity contribution in [2.45, 2.75) is 51.1 Å². The van der Waals surface area contributed by atoms with Gasteiger partial charge in [0.15, 0.2) is 24.7 Å². The number of aromatic nitrogens is 16. The number of ether oxygens (including phenoxy) is 4. The number of benzene rings is 2. The van der Waals surface area contributed by atoms with Gasteiger partial charge in [-0.3, -0.25) is 0 Å². The molecule has 0 saturated heterocycles. The van der Waals surface area contributed by atoms with Gasteiger partial charge in [0.1, 0.15) is 0 Å². The fraction of sp³-hybridized carbons (Fsp3) is 0.250. The molecule has 0 amide bonds. The Morgan fingerprint density at radius 3 is 0.600 bits per heavy atom. The van der Waals surface area contributed by atoms with Crippen LogP contribution in [0.1, 0.15) is 46.9 Å². The van der Waals surface area contributed by atoms with E-state index in [4.69, 9.17) is 18.9 Å². The minimum Gasteiger partial charge on any atom is -0.418 e. The largest absolute Gasteiger partial charge is 1.00 e. The van der Waals surface area contributed by atoms with Crippen LogP contribution < -0.4 is 0 Å². The number of halogens is 8. The van der Waals surface area contributed by atoms with Crippen LogP contribution in [-0.2, 0) is 90.1 Å². The molecule has 8 heterocycles. The van der Waals surface area contributed by atoms with Crippen molar-refractivity contribution in [3.8, 4) is 0 Å². The van der Waals surface area contributed by atoms with Crippen molar-refractivity contribution < 1.29 is 98.2 Å². The summed E-state index contributed by atoms with van der Waals surface area (Å²) in [5.74, 6) is 0. The molecule has 0 N–H and O–H groups in total. The predicted molar refractivity (Wildman–Crippen MR) is 267 cm³/mol. The second-order valence-corrected chi connectivity index (χ2v) is 16.5. The second-order valence-electron chi connectivity index (χ2n) is 16.5. The summed E-state index contributed by atoms with van der Waals surface area (Å²) in [5.41, 5.74) is 4.32. The topological polar surface area (TPSA) is 179 Å². The Morgan fingerprint density at radius 2 is 0.463 bits per heavy atom. The molecule has 432 valence electrons. The summed E-state index contributed by atoms with van der Waals surface area (Å²) in [6.45, 7) is 3.70. The summed E-state index contributed by atoms with van der Waals surface area (Å²) in [6.07, 6.45) is 28.7. The smallest absolute Gasteiger partial charge is 0.418 e. The normalized spacial score (nSPS) is 11.3. The third-order valence-electron chi connectivity index (χ3n) is 10.8. The molecular formula is C48H52Ag2B2F8N16O4. The van der Waals surface area contributed by atoms with Crippen LogP contribution in [0.25, 0.3) is 0 Å². The monoisotopic (exact) mass is 1300 g/mol. The van der Waals surface area contributed by atoms with Gasteiger partial charge in [-0.15, -0.1) is 0 Å². The van der Waals surface area contributed by atoms with Gasteiger partial charge in [0.25, 0.3) is 0 Å². The first kappa shape index (κ1) is 63.8. The van der Waals surface area contributed by atoms with Gasteiger partial charge in [-0.1, -0.05) is 48.5 Å². The van der Waals surface area contributed by atoms with Gasteiger partial charge in [-0.2, -0.15) is 40.8 Å². The van der Waals surface area contributed by atoms with Crippen molar-refractivity contribution >= 4 is 14.5 Å². The molecule has 0 aliphatic rings. The summed E-state index contributed by atoms with van der Waals surface area (Å²) in [7, 11) is -12.0. The summed E-state index contributed by atoms with van der Waals surface area (Å²) >= 11 is 0. The van der Waals surface area contributed by atoms with Crippen LogP contribution in [0.3, 0.4) is 0 Å². The van der Waals surface area contributed by atoms with Crippen LogP contribution in [0.5, 0.6) is 0 Å². The van der Waals surface area contributed by atoms with Crippen LogP contribution in [0.2, 0.25) is 0 Å². The molecule has 2 aromatic carbocycles. The summed E-state index contributed by atoms with van der Waals surface area (Å²) < 4.78 is 117. The van der Waals surface area contributed by atoms with Gasteiger partial charge in [0.2, 0.25) is 0 Å². The van der Waals surface area contributed by atoms with Crippen molar-refractivity contribution in [3.63, 3.8) is 0 Å². The third kappa shape index (κ3) is 22.3. The van der Waals surface area contributed by atoms with Crippen molar-refractivity contribution in [2.75, 3.05) is 26.4 Å². The first-order valence-electron chi connectivity index (χ1n) is 23.9. The van der Waals surface area contributed by atoms with E-state index in [1.165, 1.54) is 0 Å². The van der Waals surface area contributed by atoms with E-state index in [-0.39, 0.29) is 69.4 Å². The average molecular weight is 1310 g/mol. The number of rotatable bonds is 24. The Labute approximate surface area is 484 Å². The fourth-order valence-electron chi connectivity index (χ4n) is 7.50. The van der Waals surface area contributed by atoms with E-state index in [0.29, 0.717) is 52.9 Å². The first-order valence-corrected chi connectivity index (χ1v) is 23.9. The van der Waals surface area contributed by atoms with Gasteiger partial charge in [-0.05, 0) is 70.8 Å². The molecule has 0 atom stereocenters. The molecule has 80 heavy (non-hydrogen) atoms. The van der Waals surface area contributed by atoms with Crippen molar-refractivity contribution in [1.29, 1.82) is 0 Å². The summed E-state index contributed by atoms with van der Waals surface area (Å²) in [5, 5.41) is 34.8. The van der Waals surface area contributed by atoms with Gasteiger partial charge >= 0.3 is 59.3 Å². The van der Waals surface area contributed by atoms with Crippen molar-refractivity contribution in [3.05, 3.63) is 218 Å². The standard InChI is InChI=1S/2C24H26N8O2.2Ag.2BF4/c2*1-6-21(17-33-19-23(29-12-2-8-25-29)30-13-3-9-26-30)16-22(7-1)18-34-20-24(31-14-4-10-27-31)32-15-5-11-28-32;;;2*2-1(3,4)5/h2*1-16,23-24H,17-20H2;;;;/q;;2*+1;2*-1. The molecule has 0 saturated carbocycles. The van der Waals surface area contributed by atoms with E-state index in [9.17, 15) is 34.5 Å². The van der Waals surface area contributed by atoms with Gasteiger partial charge in [-0.25, -0.2) is 37.5 Å². The van der Waals surface area contributed by atoms with Gasteiger partial charge in [0.05, 0.1) is 52.9 Å². The molecule has 0 unspecified atom stereocenters. The maximum atomic E-state index is 9.75. The molecule has 20 nitrogen and oxygen atoms in total. The van der Waals surface area contributed by atoms with Gasteiger partial charge < -0.3 is 53.5 Å². The second kappa shape index (κ2) is 32.9. The SMILES string of the molecule is F[B-](F)(F)F.F[B-](F)(F)F.[Ag+].[Ag+].c1cc(COCC(n2cccn2)n2cccn2)cc(COCC(n2cccn2)n2cccn2)c1.c1cc(COCC(n2cccn2)n2cccn2)cc(COCC(n2cccn2)n2cccn2)c1. The molecule has 0 fully saturated rings. The zero-order chi connectivity index (χ0) is 55.0. The molecule has 10 aromatic rings. The molecule has 0 spiro atoms. The maximum absolute atomic E-state index is 9.75. The van der Waals surface area contributed by atoms with Crippen molar-refractivity contribution in [2.24, 2.45) is 0 Å². The quantitative estimate of drug-likeness (QED) is 0.0416. The van der Waals surface area contributed by atoms with Crippen LogP contribution in [-0.4, -0.2) is 119 Å². The molecule has 32 heteroatoms. The minimum atomic E-state index is -6.00. The van der Waals surface area contributed by atoms with E-state index in [1.54, 1.807) is 49.6 Å². The van der Waals surface area contributed by atoms with E-state index >= 15 is 0 Å². The molecule has 0 aliphatic carbocycles. The Bertz CT molecular complexity index is 2550. The zero-order valence-corrected chi connectivity index (χ0v) is 45.0. The molecule has 0 bridgehead atoms. The van der Waals surface area contributed by atoms with E-state index in [2.05, 4.69) is 77.2 Å². The molecule has 0 aliphatic heterocycles. The molecular weight excluding hydrogens is 1250 g/mol. The summed E-state index contributed by atoms with van der Waals surface area (Å²) in [6, 6.07) is 31.6. The number of hydrogen-bond acceptors (Lipinski definition) is 12. The Kier molecular flexibility index (Phi) is 26.3. The van der Waals surface area contributed by atoms with E-state index < -0.39 is 14.5 Å². The maximum Gasteiger partial charge on any atom is 1.00 e. The Balaban J connectivity index is 0.000000246. The van der Waals surface area contributed by atoms with Crippen LogP contribution >= 0.6 is 0 Å². The van der Waals surface area contributed by atoms with Crippen LogP contribution in [0, 0.1) is 0 Å². The number of nitrogens with zero attached hydrogens (tertiary/aromatic N) is 16. The minimum absolute atomic E-state index is 0. The Hall–Kier alpha value is -6.99. The third-order valence-corrected chi connectivity index (χ3v) is 10.8. The summed E-state index contributed by atoms with van der Waals surface area (Å²) in [4.78, 5) is 0. The zero-order valence-electron chi connectivity index (χ0n) is 42.0. The Morgan fingerprint density at radius 1 is 0.300 bits per heavy atom. The fourth-order valence-corrected chi connectivity index (χ4v) is 7.50. The van der Waals surface area contributed by atoms with Crippen LogP contribution in [0.15, 0.2) is 196 Å². The average Bonchev–Trinajstić information content (AvgIpc) is 4.25. The molecule has 10 rings (SSSR count). The number of hydrogen-bond donors (Lipinski definition) is 0. The first-order chi connectivity index (χ1) is 37.7.